The lowest BCUT2D eigenvalue weighted by Gasteiger charge is -2.19. The summed E-state index contributed by atoms with van der Waals surface area (Å²) in [6.45, 7) is 8.22. The van der Waals surface area contributed by atoms with E-state index >= 15 is 0 Å². The minimum atomic E-state index is -0.239. The van der Waals surface area contributed by atoms with Gasteiger partial charge in [-0.3, -0.25) is 4.79 Å². The van der Waals surface area contributed by atoms with Crippen LogP contribution in [0.3, 0.4) is 0 Å². The average molecular weight is 616 g/mol. The van der Waals surface area contributed by atoms with E-state index < -0.39 is 0 Å². The van der Waals surface area contributed by atoms with Crippen molar-refractivity contribution in [3.8, 4) is 11.5 Å². The highest BCUT2D eigenvalue weighted by Gasteiger charge is 2.19. The first kappa shape index (κ1) is 23.9. The number of halogens is 3. The van der Waals surface area contributed by atoms with Crippen LogP contribution in [0, 0.1) is 6.92 Å². The fourth-order valence-electron chi connectivity index (χ4n) is 2.87. The SMILES string of the molecule is CCOc1cc(C=Nn2c(C)nc3ccc(Br)cc3c2=O)c(Br)c(Br)c1O[C@H](C)CC. The molecule has 1 aromatic heterocycles. The molecule has 2 aromatic carbocycles. The molecule has 0 N–H and O–H groups in total. The van der Waals surface area contributed by atoms with Crippen molar-refractivity contribution in [2.45, 2.75) is 40.2 Å². The molecular formula is C22H22Br3N3O3. The summed E-state index contributed by atoms with van der Waals surface area (Å²) in [5.41, 5.74) is 1.12. The van der Waals surface area contributed by atoms with Gasteiger partial charge in [0.25, 0.3) is 5.56 Å². The van der Waals surface area contributed by atoms with Crippen molar-refractivity contribution in [2.75, 3.05) is 6.61 Å². The third-order valence-electron chi connectivity index (χ3n) is 4.63. The lowest BCUT2D eigenvalue weighted by Crippen LogP contribution is -2.20. The highest BCUT2D eigenvalue weighted by Crippen LogP contribution is 2.43. The van der Waals surface area contributed by atoms with Crippen LogP contribution in [0.15, 0.2) is 47.6 Å². The first-order valence-corrected chi connectivity index (χ1v) is 12.2. The van der Waals surface area contributed by atoms with Gasteiger partial charge in [-0.1, -0.05) is 22.9 Å². The Morgan fingerprint density at radius 3 is 2.61 bits per heavy atom. The van der Waals surface area contributed by atoms with Crippen molar-refractivity contribution in [1.82, 2.24) is 9.66 Å². The molecule has 9 heteroatoms. The second kappa shape index (κ2) is 10.3. The molecule has 0 amide bonds. The maximum atomic E-state index is 13.0. The van der Waals surface area contributed by atoms with E-state index in [9.17, 15) is 4.79 Å². The van der Waals surface area contributed by atoms with Gasteiger partial charge in [0, 0.05) is 14.5 Å². The normalized spacial score (nSPS) is 12.5. The average Bonchev–Trinajstić information content (AvgIpc) is 2.74. The Labute approximate surface area is 206 Å². The van der Waals surface area contributed by atoms with E-state index in [1.54, 1.807) is 25.3 Å². The summed E-state index contributed by atoms with van der Waals surface area (Å²) in [7, 11) is 0. The molecule has 164 valence electrons. The van der Waals surface area contributed by atoms with Crippen LogP contribution >= 0.6 is 47.8 Å². The summed E-state index contributed by atoms with van der Waals surface area (Å²) in [4.78, 5) is 17.5. The van der Waals surface area contributed by atoms with Crippen LogP contribution in [-0.2, 0) is 0 Å². The lowest BCUT2D eigenvalue weighted by atomic mass is 10.2. The van der Waals surface area contributed by atoms with Crippen molar-refractivity contribution in [2.24, 2.45) is 5.10 Å². The molecule has 6 nitrogen and oxygen atoms in total. The van der Waals surface area contributed by atoms with E-state index in [0.717, 1.165) is 25.4 Å². The monoisotopic (exact) mass is 613 g/mol. The second-order valence-electron chi connectivity index (χ2n) is 6.87. The Bertz CT molecular complexity index is 1210. The molecule has 0 aliphatic rings. The van der Waals surface area contributed by atoms with E-state index in [1.807, 2.05) is 26.0 Å². The Hall–Kier alpha value is -1.71. The largest absolute Gasteiger partial charge is 0.490 e. The number of fused-ring (bicyclic) bond motifs is 1. The standard InChI is InChI=1S/C22H22Br3N3O3/c1-5-12(3)31-21-18(30-6-2)9-14(19(24)20(21)25)11-26-28-13(4)27-17-8-7-15(23)10-16(17)22(28)29/h7-12H,5-6H2,1-4H3/t12-/m1/s1. The van der Waals surface area contributed by atoms with Crippen molar-refractivity contribution < 1.29 is 9.47 Å². The van der Waals surface area contributed by atoms with E-state index in [0.29, 0.717) is 34.8 Å². The van der Waals surface area contributed by atoms with Gasteiger partial charge in [-0.2, -0.15) is 9.78 Å². The molecule has 0 radical (unpaired) electrons. The fourth-order valence-corrected chi connectivity index (χ4v) is 4.15. The van der Waals surface area contributed by atoms with Crippen molar-refractivity contribution in [3.63, 3.8) is 0 Å². The van der Waals surface area contributed by atoms with Gasteiger partial charge in [0.15, 0.2) is 11.5 Å². The second-order valence-corrected chi connectivity index (χ2v) is 9.37. The molecule has 1 atom stereocenters. The van der Waals surface area contributed by atoms with Crippen molar-refractivity contribution in [1.29, 1.82) is 0 Å². The Kier molecular flexibility index (Phi) is 7.93. The zero-order chi connectivity index (χ0) is 22.7. The molecule has 0 bridgehead atoms. The Morgan fingerprint density at radius 2 is 1.94 bits per heavy atom. The highest BCUT2D eigenvalue weighted by atomic mass is 79.9. The molecule has 0 aliphatic heterocycles. The summed E-state index contributed by atoms with van der Waals surface area (Å²) in [5.74, 6) is 1.72. The molecule has 0 fully saturated rings. The van der Waals surface area contributed by atoms with Crippen molar-refractivity contribution >= 4 is 64.9 Å². The summed E-state index contributed by atoms with van der Waals surface area (Å²) in [5, 5.41) is 4.91. The van der Waals surface area contributed by atoms with E-state index in [4.69, 9.17) is 9.47 Å². The first-order chi connectivity index (χ1) is 14.8. The predicted octanol–water partition coefficient (Wildman–Crippen LogP) is 6.45. The molecule has 0 unspecified atom stereocenters. The van der Waals surface area contributed by atoms with Gasteiger partial charge in [0.2, 0.25) is 0 Å². The van der Waals surface area contributed by atoms with Crippen LogP contribution in [0.4, 0.5) is 0 Å². The maximum absolute atomic E-state index is 13.0. The summed E-state index contributed by atoms with van der Waals surface area (Å²) in [6.07, 6.45) is 2.50. The molecule has 0 aliphatic carbocycles. The molecule has 3 aromatic rings. The summed E-state index contributed by atoms with van der Waals surface area (Å²) >= 11 is 10.6. The van der Waals surface area contributed by atoms with Gasteiger partial charge in [0.1, 0.15) is 5.82 Å². The van der Waals surface area contributed by atoms with E-state index in [2.05, 4.69) is 64.8 Å². The van der Waals surface area contributed by atoms with Crippen LogP contribution in [-0.4, -0.2) is 28.6 Å². The van der Waals surface area contributed by atoms with Crippen LogP contribution in [0.1, 0.15) is 38.6 Å². The number of hydrogen-bond acceptors (Lipinski definition) is 5. The van der Waals surface area contributed by atoms with Crippen LogP contribution in [0.5, 0.6) is 11.5 Å². The molecule has 0 saturated heterocycles. The zero-order valence-electron chi connectivity index (χ0n) is 17.6. The van der Waals surface area contributed by atoms with Crippen molar-refractivity contribution in [3.05, 3.63) is 59.4 Å². The number of benzene rings is 2. The predicted molar refractivity (Wildman–Crippen MR) is 135 cm³/mol. The number of nitrogens with zero attached hydrogens (tertiary/aromatic N) is 3. The van der Waals surface area contributed by atoms with Gasteiger partial charge in [-0.15, -0.1) is 0 Å². The molecule has 0 spiro atoms. The van der Waals surface area contributed by atoms with Gasteiger partial charge < -0.3 is 9.47 Å². The van der Waals surface area contributed by atoms with Gasteiger partial charge in [-0.05, 0) is 83.3 Å². The third kappa shape index (κ3) is 5.21. The first-order valence-electron chi connectivity index (χ1n) is 9.81. The Morgan fingerprint density at radius 1 is 1.19 bits per heavy atom. The summed E-state index contributed by atoms with van der Waals surface area (Å²) in [6, 6.07) is 7.25. The zero-order valence-corrected chi connectivity index (χ0v) is 22.3. The molecule has 0 saturated carbocycles. The number of aryl methyl sites for hydroxylation is 1. The highest BCUT2D eigenvalue weighted by molar-refractivity contribution is 9.13. The van der Waals surface area contributed by atoms with E-state index in [-0.39, 0.29) is 11.7 Å². The minimum Gasteiger partial charge on any atom is -0.490 e. The third-order valence-corrected chi connectivity index (χ3v) is 7.27. The Balaban J connectivity index is 2.09. The van der Waals surface area contributed by atoms with Gasteiger partial charge in [-0.25, -0.2) is 4.98 Å². The topological polar surface area (TPSA) is 65.7 Å². The lowest BCUT2D eigenvalue weighted by molar-refractivity contribution is 0.201. The molecular weight excluding hydrogens is 594 g/mol. The smallest absolute Gasteiger partial charge is 0.282 e. The van der Waals surface area contributed by atoms with Crippen LogP contribution in [0.2, 0.25) is 0 Å². The van der Waals surface area contributed by atoms with Gasteiger partial charge >= 0.3 is 0 Å². The molecule has 31 heavy (non-hydrogen) atoms. The fraction of sp³-hybridized carbons (Fsp3) is 0.318. The van der Waals surface area contributed by atoms with Crippen LogP contribution < -0.4 is 15.0 Å². The number of aromatic nitrogens is 2. The molecule has 1 heterocycles. The van der Waals surface area contributed by atoms with Crippen LogP contribution in [0.25, 0.3) is 10.9 Å². The maximum Gasteiger partial charge on any atom is 0.282 e. The quantitative estimate of drug-likeness (QED) is 0.287. The van der Waals surface area contributed by atoms with E-state index in [1.165, 1.54) is 4.68 Å². The minimum absolute atomic E-state index is 0.0335. The number of hydrogen-bond donors (Lipinski definition) is 0. The number of ether oxygens (including phenoxy) is 2. The summed E-state index contributed by atoms with van der Waals surface area (Å²) < 4.78 is 15.4. The molecule has 3 rings (SSSR count). The van der Waals surface area contributed by atoms with Gasteiger partial charge in [0.05, 0.1) is 34.3 Å². The number of rotatable bonds is 7.